The maximum atomic E-state index is 13.0. The molecule has 0 heterocycles. The van der Waals surface area contributed by atoms with Crippen molar-refractivity contribution in [3.63, 3.8) is 0 Å². The molecule has 152 valence electrons. The van der Waals surface area contributed by atoms with Gasteiger partial charge >= 0.3 is 0 Å². The molecule has 0 aromatic heterocycles. The van der Waals surface area contributed by atoms with Gasteiger partial charge in [-0.15, -0.1) is 0 Å². The number of hydrogen-bond donors (Lipinski definition) is 1. The Hall–Kier alpha value is -3.01. The summed E-state index contributed by atoms with van der Waals surface area (Å²) in [5.41, 5.74) is 2.12. The average molecular weight is 392 g/mol. The van der Waals surface area contributed by atoms with E-state index in [0.29, 0.717) is 6.42 Å². The number of hydrogen-bond acceptors (Lipinski definition) is 3. The van der Waals surface area contributed by atoms with Crippen LogP contribution in [0.2, 0.25) is 0 Å². The predicted octanol–water partition coefficient (Wildman–Crippen LogP) is 5.58. The molecule has 0 aliphatic carbocycles. The molecule has 0 aliphatic rings. The van der Waals surface area contributed by atoms with E-state index in [9.17, 15) is 4.79 Å². The Morgan fingerprint density at radius 3 is 2.41 bits per heavy atom. The fourth-order valence-corrected chi connectivity index (χ4v) is 3.58. The normalized spacial score (nSPS) is 13.0. The highest BCUT2D eigenvalue weighted by Gasteiger charge is 2.23. The molecule has 0 unspecified atom stereocenters. The number of fused-ring (bicyclic) bond motifs is 1. The highest BCUT2D eigenvalue weighted by molar-refractivity contribution is 5.89. The molecule has 0 radical (unpaired) electrons. The molecule has 3 aromatic rings. The summed E-state index contributed by atoms with van der Waals surface area (Å²) in [4.78, 5) is 13.0. The van der Waals surface area contributed by atoms with E-state index in [1.54, 1.807) is 7.11 Å². The second-order valence-corrected chi connectivity index (χ2v) is 7.19. The zero-order chi connectivity index (χ0) is 20.8. The number of carbonyl (C=O) groups excluding carboxylic acids is 1. The second kappa shape index (κ2) is 9.46. The molecule has 0 saturated carbocycles. The van der Waals surface area contributed by atoms with Gasteiger partial charge in [0, 0.05) is 5.39 Å². The molecule has 4 heteroatoms. The number of carbonyl (C=O) groups is 1. The molecule has 4 nitrogen and oxygen atoms in total. The van der Waals surface area contributed by atoms with Crippen LogP contribution in [0, 0.1) is 6.92 Å². The number of methoxy groups -OCH3 is 1. The van der Waals surface area contributed by atoms with Crippen LogP contribution in [0.4, 0.5) is 0 Å². The zero-order valence-corrected chi connectivity index (χ0v) is 17.6. The summed E-state index contributed by atoms with van der Waals surface area (Å²) >= 11 is 0. The summed E-state index contributed by atoms with van der Waals surface area (Å²) in [5.74, 6) is 1.49. The Bertz CT molecular complexity index is 977. The van der Waals surface area contributed by atoms with E-state index in [1.165, 1.54) is 0 Å². The first-order valence-corrected chi connectivity index (χ1v) is 10.2. The number of nitrogens with one attached hydrogen (secondary N) is 1. The minimum Gasteiger partial charge on any atom is -0.496 e. The van der Waals surface area contributed by atoms with Crippen molar-refractivity contribution in [1.29, 1.82) is 0 Å². The SMILES string of the molecule is CC[C@H](NC(=O)[C@@H](CC)Oc1cccc2ccccc12)c1ccc(OC)c(C)c1. The lowest BCUT2D eigenvalue weighted by Crippen LogP contribution is -2.40. The van der Waals surface area contributed by atoms with Crippen molar-refractivity contribution in [2.75, 3.05) is 7.11 Å². The lowest BCUT2D eigenvalue weighted by Gasteiger charge is -2.23. The van der Waals surface area contributed by atoms with Crippen molar-refractivity contribution in [2.45, 2.75) is 45.8 Å². The molecular formula is C25H29NO3. The van der Waals surface area contributed by atoms with E-state index in [4.69, 9.17) is 9.47 Å². The molecule has 3 aromatic carbocycles. The largest absolute Gasteiger partial charge is 0.496 e. The van der Waals surface area contributed by atoms with Gasteiger partial charge in [0.25, 0.3) is 5.91 Å². The molecular weight excluding hydrogens is 362 g/mol. The fraction of sp³-hybridized carbons (Fsp3) is 0.320. The van der Waals surface area contributed by atoms with E-state index in [0.717, 1.165) is 39.8 Å². The van der Waals surface area contributed by atoms with E-state index in [2.05, 4.69) is 18.3 Å². The molecule has 0 aliphatic heterocycles. The molecule has 0 spiro atoms. The second-order valence-electron chi connectivity index (χ2n) is 7.19. The Kier molecular flexibility index (Phi) is 6.76. The van der Waals surface area contributed by atoms with Crippen LogP contribution in [0.3, 0.4) is 0 Å². The maximum Gasteiger partial charge on any atom is 0.261 e. The van der Waals surface area contributed by atoms with Crippen LogP contribution in [-0.4, -0.2) is 19.1 Å². The summed E-state index contributed by atoms with van der Waals surface area (Å²) in [5, 5.41) is 5.27. The van der Waals surface area contributed by atoms with E-state index < -0.39 is 6.10 Å². The number of ether oxygens (including phenoxy) is 2. The lowest BCUT2D eigenvalue weighted by molar-refractivity contribution is -0.128. The van der Waals surface area contributed by atoms with Crippen LogP contribution in [0.5, 0.6) is 11.5 Å². The van der Waals surface area contributed by atoms with E-state index >= 15 is 0 Å². The van der Waals surface area contributed by atoms with Gasteiger partial charge < -0.3 is 14.8 Å². The third kappa shape index (κ3) is 4.70. The van der Waals surface area contributed by atoms with Gasteiger partial charge in [0.05, 0.1) is 13.2 Å². The molecule has 0 bridgehead atoms. The Morgan fingerprint density at radius 1 is 0.966 bits per heavy atom. The van der Waals surface area contributed by atoms with Crippen molar-refractivity contribution in [3.8, 4) is 11.5 Å². The maximum absolute atomic E-state index is 13.0. The van der Waals surface area contributed by atoms with Gasteiger partial charge in [-0.25, -0.2) is 0 Å². The van der Waals surface area contributed by atoms with Gasteiger partial charge in [-0.1, -0.05) is 62.4 Å². The van der Waals surface area contributed by atoms with Crippen molar-refractivity contribution < 1.29 is 14.3 Å². The standard InChI is InChI=1S/C25H29NO3/c1-5-21(19-14-15-23(28-4)17(3)16-19)26-25(27)22(6-2)29-24-13-9-11-18-10-7-8-12-20(18)24/h7-16,21-22H,5-6H2,1-4H3,(H,26,27)/t21-,22+/m0/s1. The first-order chi connectivity index (χ1) is 14.1. The fourth-order valence-electron chi connectivity index (χ4n) is 3.58. The predicted molar refractivity (Wildman–Crippen MR) is 118 cm³/mol. The van der Waals surface area contributed by atoms with Crippen molar-refractivity contribution in [3.05, 3.63) is 71.8 Å². The summed E-state index contributed by atoms with van der Waals surface area (Å²) in [6.45, 7) is 6.04. The van der Waals surface area contributed by atoms with Gasteiger partial charge in [0.2, 0.25) is 0 Å². The Morgan fingerprint density at radius 2 is 1.72 bits per heavy atom. The summed E-state index contributed by atoms with van der Waals surface area (Å²) < 4.78 is 11.5. The van der Waals surface area contributed by atoms with Crippen LogP contribution in [-0.2, 0) is 4.79 Å². The number of rotatable bonds is 8. The van der Waals surface area contributed by atoms with Gasteiger partial charge in [0.1, 0.15) is 11.5 Å². The number of amides is 1. The van der Waals surface area contributed by atoms with Crippen LogP contribution >= 0.6 is 0 Å². The average Bonchev–Trinajstić information content (AvgIpc) is 2.75. The summed E-state index contributed by atoms with van der Waals surface area (Å²) in [6.07, 6.45) is 0.837. The summed E-state index contributed by atoms with van der Waals surface area (Å²) in [6, 6.07) is 19.9. The minimum absolute atomic E-state index is 0.0720. The quantitative estimate of drug-likeness (QED) is 0.545. The Balaban J connectivity index is 1.77. The van der Waals surface area contributed by atoms with Gasteiger partial charge in [-0.3, -0.25) is 4.79 Å². The number of aryl methyl sites for hydroxylation is 1. The van der Waals surface area contributed by atoms with Crippen molar-refractivity contribution in [2.24, 2.45) is 0 Å². The topological polar surface area (TPSA) is 47.6 Å². The van der Waals surface area contributed by atoms with Gasteiger partial charge in [-0.2, -0.15) is 0 Å². The third-order valence-electron chi connectivity index (χ3n) is 5.23. The lowest BCUT2D eigenvalue weighted by atomic mass is 10.0. The molecule has 29 heavy (non-hydrogen) atoms. The van der Waals surface area contributed by atoms with E-state index in [1.807, 2.05) is 68.4 Å². The molecule has 1 amide bonds. The minimum atomic E-state index is -0.547. The van der Waals surface area contributed by atoms with Gasteiger partial charge in [-0.05, 0) is 48.4 Å². The first kappa shape index (κ1) is 20.7. The van der Waals surface area contributed by atoms with Crippen LogP contribution in [0.1, 0.15) is 43.9 Å². The third-order valence-corrected chi connectivity index (χ3v) is 5.23. The van der Waals surface area contributed by atoms with Gasteiger partial charge in [0.15, 0.2) is 6.10 Å². The van der Waals surface area contributed by atoms with Crippen LogP contribution < -0.4 is 14.8 Å². The van der Waals surface area contributed by atoms with Crippen LogP contribution in [0.15, 0.2) is 60.7 Å². The highest BCUT2D eigenvalue weighted by atomic mass is 16.5. The molecule has 0 saturated heterocycles. The summed E-state index contributed by atoms with van der Waals surface area (Å²) in [7, 11) is 1.66. The zero-order valence-electron chi connectivity index (χ0n) is 17.6. The monoisotopic (exact) mass is 391 g/mol. The van der Waals surface area contributed by atoms with Crippen LogP contribution in [0.25, 0.3) is 10.8 Å². The number of benzene rings is 3. The molecule has 1 N–H and O–H groups in total. The van der Waals surface area contributed by atoms with E-state index in [-0.39, 0.29) is 11.9 Å². The molecule has 0 fully saturated rings. The molecule has 3 rings (SSSR count). The smallest absolute Gasteiger partial charge is 0.261 e. The Labute approximate surface area is 172 Å². The molecule has 2 atom stereocenters. The first-order valence-electron chi connectivity index (χ1n) is 10.2. The highest BCUT2D eigenvalue weighted by Crippen LogP contribution is 2.27. The van der Waals surface area contributed by atoms with Crippen molar-refractivity contribution in [1.82, 2.24) is 5.32 Å². The van der Waals surface area contributed by atoms with Crippen molar-refractivity contribution >= 4 is 16.7 Å².